The molecule has 18 heteroatoms. The summed E-state index contributed by atoms with van der Waals surface area (Å²) in [4.78, 5) is 42.8. The van der Waals surface area contributed by atoms with Crippen LogP contribution in [-0.4, -0.2) is 74.5 Å². The Bertz CT molecular complexity index is 1110. The van der Waals surface area contributed by atoms with Crippen LogP contribution in [0.1, 0.15) is 205 Å². The van der Waals surface area contributed by atoms with Gasteiger partial charge in [0, 0.05) is 11.9 Å². The van der Waals surface area contributed by atoms with Crippen LogP contribution in [0.2, 0.25) is 0 Å². The van der Waals surface area contributed by atoms with Crippen molar-refractivity contribution in [2.45, 2.75) is 205 Å². The molecule has 0 saturated heterocycles. The number of hydrogen-bond acceptors (Lipinski definition) is 12. The van der Waals surface area contributed by atoms with Gasteiger partial charge in [-0.2, -0.15) is 16.8 Å². The van der Waals surface area contributed by atoms with Crippen LogP contribution in [0.4, 0.5) is 0 Å². The molecule has 0 aliphatic carbocycles. The van der Waals surface area contributed by atoms with Crippen molar-refractivity contribution in [1.29, 1.82) is 0 Å². The smallest absolute Gasteiger partial charge is 0.550 e. The molecule has 0 aromatic heterocycles. The number of esters is 2. The second-order valence-corrected chi connectivity index (χ2v) is 17.8. The number of ether oxygens (including phenoxy) is 2. The monoisotopic (exact) mass is 888 g/mol. The Kier molecular flexibility index (Phi) is 51.2. The third kappa shape index (κ3) is 62.4. The zero-order valence-corrected chi connectivity index (χ0v) is 41.7. The Morgan fingerprint density at radius 3 is 0.724 bits per heavy atom. The molecule has 0 bridgehead atoms. The molecule has 0 saturated carbocycles. The second kappa shape index (κ2) is 46.2. The Morgan fingerprint density at radius 2 is 0.534 bits per heavy atom. The summed E-state index contributed by atoms with van der Waals surface area (Å²) in [6, 6.07) is 0. The molecule has 0 aromatic carbocycles. The summed E-state index contributed by atoms with van der Waals surface area (Å²) in [5, 5.41) is 20.4. The average molecular weight is 889 g/mol. The molecule has 332 valence electrons. The molecule has 58 heavy (non-hydrogen) atoms. The summed E-state index contributed by atoms with van der Waals surface area (Å²) in [6.07, 6.45) is 29.4. The quantitative estimate of drug-likeness (QED) is 0.0375. The van der Waals surface area contributed by atoms with E-state index in [0.717, 1.165) is 77.0 Å². The summed E-state index contributed by atoms with van der Waals surface area (Å²) in [5.41, 5.74) is 0. The first-order chi connectivity index (χ1) is 26.6. The van der Waals surface area contributed by atoms with E-state index in [1.165, 1.54) is 89.9 Å². The van der Waals surface area contributed by atoms with Gasteiger partial charge in [0.2, 0.25) is 0 Å². The molecule has 0 heterocycles. The molecule has 14 nitrogen and oxygen atoms in total. The number of aliphatic carboxylic acids is 2. The maximum absolute atomic E-state index is 11.2. The minimum Gasteiger partial charge on any atom is -0.550 e. The van der Waals surface area contributed by atoms with Crippen molar-refractivity contribution >= 4 is 44.1 Å². The third-order valence-corrected chi connectivity index (χ3v) is 10.8. The zero-order chi connectivity index (χ0) is 42.2. The molecule has 2 N–H and O–H groups in total. The van der Waals surface area contributed by atoms with Gasteiger partial charge in [-0.25, -0.2) is 0 Å². The van der Waals surface area contributed by atoms with Gasteiger partial charge in [-0.3, -0.25) is 18.7 Å². The Morgan fingerprint density at radius 1 is 0.345 bits per heavy atom. The molecular formula is C40H74Na2O14S2. The predicted molar refractivity (Wildman–Crippen MR) is 213 cm³/mol. The van der Waals surface area contributed by atoms with Gasteiger partial charge >= 0.3 is 71.1 Å². The molecule has 0 fully saturated rings. The van der Waals surface area contributed by atoms with E-state index in [0.29, 0.717) is 26.1 Å². The standard InChI is InChI=1S/2C20H38O7S.2Na/c2*21-19(22)15-16-20(23)27-17-13-11-9-7-5-3-1-2-4-6-8-10-12-14-18-28(24,25)26;;/h2*1-18H2,(H,21,22)(H,24,25,26);;/q;;2*+1/p-2. The Balaban J connectivity index is -0.000000486. The van der Waals surface area contributed by atoms with Gasteiger partial charge in [0.1, 0.15) is 0 Å². The van der Waals surface area contributed by atoms with E-state index >= 15 is 0 Å². The fourth-order valence-electron chi connectivity index (χ4n) is 5.94. The molecule has 0 rings (SSSR count). The van der Waals surface area contributed by atoms with Crippen molar-refractivity contribution in [3.63, 3.8) is 0 Å². The van der Waals surface area contributed by atoms with Crippen LogP contribution in [0.5, 0.6) is 0 Å². The molecule has 0 aromatic rings. The zero-order valence-electron chi connectivity index (χ0n) is 36.1. The number of carboxylic acid groups (broad SMARTS) is 2. The largest absolute Gasteiger partial charge is 1.00 e. The summed E-state index contributed by atoms with van der Waals surface area (Å²) in [7, 11) is -7.58. The molecule has 0 radical (unpaired) electrons. The van der Waals surface area contributed by atoms with Gasteiger partial charge in [-0.15, -0.1) is 0 Å². The fourth-order valence-corrected chi connectivity index (χ4v) is 7.08. The van der Waals surface area contributed by atoms with Gasteiger partial charge in [0.05, 0.1) is 37.6 Å². The van der Waals surface area contributed by atoms with E-state index in [1.807, 2.05) is 0 Å². The molecule has 0 aliphatic heterocycles. The van der Waals surface area contributed by atoms with Crippen molar-refractivity contribution in [2.75, 3.05) is 24.7 Å². The molecule has 0 spiro atoms. The molecular weight excluding hydrogens is 815 g/mol. The van der Waals surface area contributed by atoms with Crippen molar-refractivity contribution < 1.29 is 124 Å². The average Bonchev–Trinajstić information content (AvgIpc) is 3.11. The normalized spacial score (nSPS) is 11.1. The number of carboxylic acids is 2. The maximum atomic E-state index is 11.2. The summed E-state index contributed by atoms with van der Waals surface area (Å²) in [5.74, 6) is -3.65. The maximum Gasteiger partial charge on any atom is 1.00 e. The Hall–Kier alpha value is -0.300. The van der Waals surface area contributed by atoms with Crippen molar-refractivity contribution in [3.8, 4) is 0 Å². The topological polar surface area (TPSA) is 242 Å². The van der Waals surface area contributed by atoms with E-state index in [-0.39, 0.29) is 96.3 Å². The van der Waals surface area contributed by atoms with E-state index in [2.05, 4.69) is 0 Å². The van der Waals surface area contributed by atoms with Crippen LogP contribution in [-0.2, 0) is 48.9 Å². The van der Waals surface area contributed by atoms with Gasteiger partial charge < -0.3 is 29.3 Å². The van der Waals surface area contributed by atoms with Crippen molar-refractivity contribution in [2.24, 2.45) is 0 Å². The first-order valence-corrected chi connectivity index (χ1v) is 24.5. The van der Waals surface area contributed by atoms with Crippen LogP contribution in [0.3, 0.4) is 0 Å². The third-order valence-electron chi connectivity index (χ3n) is 9.19. The number of unbranched alkanes of at least 4 members (excludes halogenated alkanes) is 26. The van der Waals surface area contributed by atoms with Crippen LogP contribution in [0.25, 0.3) is 0 Å². The van der Waals surface area contributed by atoms with Crippen LogP contribution < -0.4 is 69.3 Å². The molecule has 0 atom stereocenters. The van der Waals surface area contributed by atoms with Crippen molar-refractivity contribution in [3.05, 3.63) is 0 Å². The minimum absolute atomic E-state index is 0. The number of carbonyl (C=O) groups is 4. The van der Waals surface area contributed by atoms with Gasteiger partial charge in [0.25, 0.3) is 20.2 Å². The molecule has 0 unspecified atom stereocenters. The fraction of sp³-hybridized carbons (Fsp3) is 0.900. The second-order valence-electron chi connectivity index (χ2n) is 14.7. The minimum atomic E-state index is -3.79. The number of rotatable bonds is 40. The summed E-state index contributed by atoms with van der Waals surface area (Å²) < 4.78 is 69.4. The molecule has 0 amide bonds. The van der Waals surface area contributed by atoms with E-state index < -0.39 is 44.1 Å². The summed E-state index contributed by atoms with van der Waals surface area (Å²) in [6.45, 7) is 0.726. The van der Waals surface area contributed by atoms with Gasteiger partial charge in [-0.05, 0) is 38.5 Å². The first kappa shape index (κ1) is 64.3. The predicted octanol–water partition coefficient (Wildman–Crippen LogP) is 0.826. The van der Waals surface area contributed by atoms with E-state index in [1.54, 1.807) is 0 Å². The van der Waals surface area contributed by atoms with Gasteiger partial charge in [-0.1, -0.05) is 154 Å². The van der Waals surface area contributed by atoms with E-state index in [4.69, 9.17) is 18.6 Å². The van der Waals surface area contributed by atoms with Gasteiger partial charge in [0.15, 0.2) is 0 Å². The summed E-state index contributed by atoms with van der Waals surface area (Å²) >= 11 is 0. The Labute approximate surface area is 395 Å². The number of hydrogen-bond donors (Lipinski definition) is 2. The van der Waals surface area contributed by atoms with Crippen LogP contribution >= 0.6 is 0 Å². The van der Waals surface area contributed by atoms with Crippen LogP contribution in [0, 0.1) is 0 Å². The van der Waals surface area contributed by atoms with Crippen molar-refractivity contribution in [1.82, 2.24) is 0 Å². The first-order valence-electron chi connectivity index (χ1n) is 21.2. The van der Waals surface area contributed by atoms with Crippen LogP contribution in [0.15, 0.2) is 0 Å². The van der Waals surface area contributed by atoms with E-state index in [9.17, 15) is 46.2 Å². The SMILES string of the molecule is O=C([O-])CCC(=O)OCCCCCCCCCCCCCCCCS(=O)(=O)O.O=C([O-])CCC(=O)OCCCCCCCCCCCCCCCCS(=O)(=O)O.[Na+].[Na+]. The molecule has 0 aliphatic rings. The number of carbonyl (C=O) groups excluding carboxylic acids is 4.